The lowest BCUT2D eigenvalue weighted by Crippen LogP contribution is -2.28. The third kappa shape index (κ3) is 4.60. The number of aryl methyl sites for hydroxylation is 1. The minimum atomic E-state index is -0.355. The second kappa shape index (κ2) is 8.02. The van der Waals surface area contributed by atoms with Crippen LogP contribution in [0.15, 0.2) is 24.4 Å². The first-order valence-corrected chi connectivity index (χ1v) is 7.32. The summed E-state index contributed by atoms with van der Waals surface area (Å²) in [5.41, 5.74) is 0.845. The SMILES string of the molecule is CCCn1cc(NC(=O)NCc2ccc(OC)cc2OC)nn1. The zero-order chi connectivity index (χ0) is 16.7. The Balaban J connectivity index is 1.90. The first-order chi connectivity index (χ1) is 11.2. The molecule has 0 aliphatic heterocycles. The lowest BCUT2D eigenvalue weighted by Gasteiger charge is -2.11. The second-order valence-corrected chi connectivity index (χ2v) is 4.85. The molecule has 0 unspecified atom stereocenters. The Labute approximate surface area is 134 Å². The molecular formula is C15H21N5O3. The molecule has 8 nitrogen and oxygen atoms in total. The summed E-state index contributed by atoms with van der Waals surface area (Å²) in [7, 11) is 3.16. The smallest absolute Gasteiger partial charge is 0.320 e. The predicted octanol–water partition coefficient (Wildman–Crippen LogP) is 2.03. The molecule has 2 amide bonds. The van der Waals surface area contributed by atoms with Gasteiger partial charge in [0.15, 0.2) is 5.82 Å². The number of carbonyl (C=O) groups is 1. The van der Waals surface area contributed by atoms with E-state index in [-0.39, 0.29) is 6.03 Å². The number of aromatic nitrogens is 3. The van der Waals surface area contributed by atoms with Crippen molar-refractivity contribution in [2.75, 3.05) is 19.5 Å². The monoisotopic (exact) mass is 319 g/mol. The number of nitrogens with one attached hydrogen (secondary N) is 2. The van der Waals surface area contributed by atoms with Crippen LogP contribution in [0, 0.1) is 0 Å². The lowest BCUT2D eigenvalue weighted by molar-refractivity contribution is 0.251. The van der Waals surface area contributed by atoms with Crippen molar-refractivity contribution in [2.24, 2.45) is 0 Å². The van der Waals surface area contributed by atoms with Gasteiger partial charge in [0, 0.05) is 24.7 Å². The molecule has 0 aliphatic rings. The zero-order valence-electron chi connectivity index (χ0n) is 13.5. The van der Waals surface area contributed by atoms with Gasteiger partial charge in [-0.25, -0.2) is 4.79 Å². The van der Waals surface area contributed by atoms with Crippen molar-refractivity contribution in [1.82, 2.24) is 20.3 Å². The molecule has 1 aromatic carbocycles. The van der Waals surface area contributed by atoms with Gasteiger partial charge in [0.25, 0.3) is 0 Å². The number of ether oxygens (including phenoxy) is 2. The average molecular weight is 319 g/mol. The molecule has 0 saturated heterocycles. The second-order valence-electron chi connectivity index (χ2n) is 4.85. The number of carbonyl (C=O) groups excluding carboxylic acids is 1. The number of amides is 2. The Kier molecular flexibility index (Phi) is 5.79. The van der Waals surface area contributed by atoms with Crippen LogP contribution in [-0.2, 0) is 13.1 Å². The summed E-state index contributed by atoms with van der Waals surface area (Å²) in [6.07, 6.45) is 2.64. The van der Waals surface area contributed by atoms with Crippen molar-refractivity contribution in [3.05, 3.63) is 30.0 Å². The highest BCUT2D eigenvalue weighted by molar-refractivity contribution is 5.87. The fraction of sp³-hybridized carbons (Fsp3) is 0.400. The third-order valence-corrected chi connectivity index (χ3v) is 3.17. The third-order valence-electron chi connectivity index (χ3n) is 3.17. The van der Waals surface area contributed by atoms with E-state index >= 15 is 0 Å². The van der Waals surface area contributed by atoms with Gasteiger partial charge in [-0.2, -0.15) is 0 Å². The van der Waals surface area contributed by atoms with Crippen LogP contribution in [0.1, 0.15) is 18.9 Å². The number of hydrogen-bond donors (Lipinski definition) is 2. The molecule has 0 aliphatic carbocycles. The molecule has 2 aromatic rings. The van der Waals surface area contributed by atoms with E-state index in [9.17, 15) is 4.79 Å². The Bertz CT molecular complexity index is 656. The molecule has 0 atom stereocenters. The first-order valence-electron chi connectivity index (χ1n) is 7.32. The van der Waals surface area contributed by atoms with Gasteiger partial charge in [-0.3, -0.25) is 10.00 Å². The van der Waals surface area contributed by atoms with Crippen LogP contribution in [0.2, 0.25) is 0 Å². The highest BCUT2D eigenvalue weighted by Crippen LogP contribution is 2.24. The number of anilines is 1. The van der Waals surface area contributed by atoms with E-state index < -0.39 is 0 Å². The molecule has 124 valence electrons. The Hall–Kier alpha value is -2.77. The number of nitrogens with zero attached hydrogens (tertiary/aromatic N) is 3. The van der Waals surface area contributed by atoms with Gasteiger partial charge in [0.1, 0.15) is 11.5 Å². The molecule has 1 aromatic heterocycles. The Morgan fingerprint density at radius 3 is 2.83 bits per heavy atom. The highest BCUT2D eigenvalue weighted by atomic mass is 16.5. The maximum Gasteiger partial charge on any atom is 0.320 e. The van der Waals surface area contributed by atoms with E-state index in [2.05, 4.69) is 20.9 Å². The van der Waals surface area contributed by atoms with E-state index in [1.165, 1.54) is 0 Å². The molecule has 2 N–H and O–H groups in total. The summed E-state index contributed by atoms with van der Waals surface area (Å²) in [5, 5.41) is 13.2. The molecule has 2 rings (SSSR count). The van der Waals surface area contributed by atoms with Gasteiger partial charge in [-0.1, -0.05) is 12.1 Å². The summed E-state index contributed by atoms with van der Waals surface area (Å²) in [5.74, 6) is 1.76. The van der Waals surface area contributed by atoms with Crippen LogP contribution < -0.4 is 20.1 Å². The molecule has 0 fully saturated rings. The van der Waals surface area contributed by atoms with Crippen molar-refractivity contribution < 1.29 is 14.3 Å². The average Bonchev–Trinajstić information content (AvgIpc) is 3.00. The number of benzene rings is 1. The predicted molar refractivity (Wildman–Crippen MR) is 85.7 cm³/mol. The molecule has 1 heterocycles. The Morgan fingerprint density at radius 1 is 1.30 bits per heavy atom. The number of hydrogen-bond acceptors (Lipinski definition) is 5. The van der Waals surface area contributed by atoms with Gasteiger partial charge in [-0.15, -0.1) is 5.10 Å². The van der Waals surface area contributed by atoms with Crippen LogP contribution >= 0.6 is 0 Å². The van der Waals surface area contributed by atoms with Crippen LogP contribution in [0.5, 0.6) is 11.5 Å². The summed E-state index contributed by atoms with van der Waals surface area (Å²) in [6, 6.07) is 5.07. The van der Waals surface area contributed by atoms with Gasteiger partial charge in [-0.05, 0) is 18.6 Å². The van der Waals surface area contributed by atoms with E-state index in [1.807, 2.05) is 19.1 Å². The standard InChI is InChI=1S/C15H21N5O3/c1-4-7-20-10-14(18-19-20)17-15(21)16-9-11-5-6-12(22-2)8-13(11)23-3/h5-6,8,10H,4,7,9H2,1-3H3,(H2,16,17,21). The molecule has 0 spiro atoms. The largest absolute Gasteiger partial charge is 0.497 e. The van der Waals surface area contributed by atoms with Crippen LogP contribution in [0.25, 0.3) is 0 Å². The first kappa shape index (κ1) is 16.6. The van der Waals surface area contributed by atoms with Crippen LogP contribution in [0.3, 0.4) is 0 Å². The van der Waals surface area contributed by atoms with Crippen molar-refractivity contribution in [1.29, 1.82) is 0 Å². The van der Waals surface area contributed by atoms with Gasteiger partial charge < -0.3 is 14.8 Å². The van der Waals surface area contributed by atoms with Gasteiger partial charge >= 0.3 is 6.03 Å². The summed E-state index contributed by atoms with van der Waals surface area (Å²) >= 11 is 0. The molecule has 8 heteroatoms. The number of urea groups is 1. The maximum atomic E-state index is 11.9. The van der Waals surface area contributed by atoms with Gasteiger partial charge in [0.05, 0.1) is 20.4 Å². The van der Waals surface area contributed by atoms with Crippen molar-refractivity contribution in [2.45, 2.75) is 26.4 Å². The minimum Gasteiger partial charge on any atom is -0.497 e. The van der Waals surface area contributed by atoms with Crippen LogP contribution in [-0.4, -0.2) is 35.2 Å². The van der Waals surface area contributed by atoms with Crippen molar-refractivity contribution in [3.63, 3.8) is 0 Å². The van der Waals surface area contributed by atoms with Gasteiger partial charge in [0.2, 0.25) is 0 Å². The fourth-order valence-corrected chi connectivity index (χ4v) is 2.03. The molecule has 23 heavy (non-hydrogen) atoms. The van der Waals surface area contributed by atoms with E-state index in [1.54, 1.807) is 31.2 Å². The van der Waals surface area contributed by atoms with Crippen LogP contribution in [0.4, 0.5) is 10.6 Å². The maximum absolute atomic E-state index is 11.9. The van der Waals surface area contributed by atoms with E-state index in [4.69, 9.17) is 9.47 Å². The number of methoxy groups -OCH3 is 2. The highest BCUT2D eigenvalue weighted by Gasteiger charge is 2.09. The van der Waals surface area contributed by atoms with Crippen molar-refractivity contribution in [3.8, 4) is 11.5 Å². The normalized spacial score (nSPS) is 10.2. The molecule has 0 saturated carbocycles. The molecule has 0 radical (unpaired) electrons. The van der Waals surface area contributed by atoms with E-state index in [0.29, 0.717) is 23.9 Å². The lowest BCUT2D eigenvalue weighted by atomic mass is 10.2. The molecular weight excluding hydrogens is 298 g/mol. The summed E-state index contributed by atoms with van der Waals surface area (Å²) in [6.45, 7) is 3.13. The summed E-state index contributed by atoms with van der Waals surface area (Å²) < 4.78 is 12.1. The minimum absolute atomic E-state index is 0.322. The number of rotatable bonds is 7. The molecule has 0 bridgehead atoms. The van der Waals surface area contributed by atoms with Crippen molar-refractivity contribution >= 4 is 11.8 Å². The topological polar surface area (TPSA) is 90.3 Å². The fourth-order valence-electron chi connectivity index (χ4n) is 2.03. The quantitative estimate of drug-likeness (QED) is 0.815. The summed E-state index contributed by atoms with van der Waals surface area (Å²) in [4.78, 5) is 11.9. The zero-order valence-corrected chi connectivity index (χ0v) is 13.5. The van der Waals surface area contributed by atoms with E-state index in [0.717, 1.165) is 18.5 Å². The Morgan fingerprint density at radius 2 is 2.13 bits per heavy atom.